The third-order valence-electron chi connectivity index (χ3n) is 5.25. The van der Waals surface area contributed by atoms with E-state index < -0.39 is 0 Å². The summed E-state index contributed by atoms with van der Waals surface area (Å²) >= 11 is 6.35. The lowest BCUT2D eigenvalue weighted by atomic mass is 10.1. The summed E-state index contributed by atoms with van der Waals surface area (Å²) in [6.07, 6.45) is 0. The summed E-state index contributed by atoms with van der Waals surface area (Å²) in [6, 6.07) is 29.1. The maximum Gasteiger partial charge on any atom is 0.295 e. The van der Waals surface area contributed by atoms with Crippen LogP contribution in [-0.4, -0.2) is 20.7 Å². The average molecular weight is 439 g/mol. The Balaban J connectivity index is 1.54. The van der Waals surface area contributed by atoms with E-state index in [0.717, 1.165) is 27.6 Å². The number of hydrogen-bond donors (Lipinski definition) is 1. The van der Waals surface area contributed by atoms with Crippen LogP contribution in [0.5, 0.6) is 0 Å². The van der Waals surface area contributed by atoms with E-state index in [1.54, 1.807) is 4.68 Å². The van der Waals surface area contributed by atoms with E-state index >= 15 is 0 Å². The third-order valence-corrected chi connectivity index (χ3v) is 5.66. The standard InChI is InChI=1S/C26H19ClN4O/c1-17-11-14-22(16-23(17)27)31-25(19-8-3-2-4-9-19)29-24(30-31)26(32)28-21-13-12-18-7-5-6-10-20(18)15-21/h2-16H,1H3,(H,28,32). The van der Waals surface area contributed by atoms with E-state index in [1.165, 1.54) is 0 Å². The van der Waals surface area contributed by atoms with E-state index in [2.05, 4.69) is 15.4 Å². The second kappa shape index (κ2) is 8.29. The van der Waals surface area contributed by atoms with Gasteiger partial charge in [0.25, 0.3) is 5.91 Å². The first-order valence-corrected chi connectivity index (χ1v) is 10.6. The molecule has 0 aliphatic heterocycles. The Morgan fingerprint density at radius 1 is 0.875 bits per heavy atom. The zero-order valence-corrected chi connectivity index (χ0v) is 18.0. The van der Waals surface area contributed by atoms with E-state index in [9.17, 15) is 4.79 Å². The van der Waals surface area contributed by atoms with Gasteiger partial charge in [0.2, 0.25) is 5.82 Å². The van der Waals surface area contributed by atoms with E-state index in [4.69, 9.17) is 11.6 Å². The van der Waals surface area contributed by atoms with Gasteiger partial charge in [0.15, 0.2) is 5.82 Å². The van der Waals surface area contributed by atoms with Gasteiger partial charge in [-0.2, -0.15) is 0 Å². The lowest BCUT2D eigenvalue weighted by Crippen LogP contribution is -2.14. The quantitative estimate of drug-likeness (QED) is 0.358. The summed E-state index contributed by atoms with van der Waals surface area (Å²) in [5.41, 5.74) is 3.23. The van der Waals surface area contributed by atoms with Crippen molar-refractivity contribution in [1.82, 2.24) is 14.8 Å². The SMILES string of the molecule is Cc1ccc(-n2nc(C(=O)Nc3ccc4ccccc4c3)nc2-c2ccccc2)cc1Cl. The number of aromatic nitrogens is 3. The number of carbonyl (C=O) groups excluding carboxylic acids is 1. The first kappa shape index (κ1) is 20.0. The van der Waals surface area contributed by atoms with Crippen molar-refractivity contribution < 1.29 is 4.79 Å². The maximum atomic E-state index is 13.0. The highest BCUT2D eigenvalue weighted by Gasteiger charge is 2.19. The Bertz CT molecular complexity index is 1440. The molecule has 0 saturated carbocycles. The Morgan fingerprint density at radius 3 is 2.41 bits per heavy atom. The molecule has 1 amide bonds. The minimum atomic E-state index is -0.380. The number of rotatable bonds is 4. The number of halogens is 1. The molecular weight excluding hydrogens is 420 g/mol. The maximum absolute atomic E-state index is 13.0. The van der Waals surface area contributed by atoms with Crippen LogP contribution in [-0.2, 0) is 0 Å². The van der Waals surface area contributed by atoms with E-state index in [-0.39, 0.29) is 11.7 Å². The van der Waals surface area contributed by atoms with Crippen molar-refractivity contribution >= 4 is 34.0 Å². The summed E-state index contributed by atoms with van der Waals surface area (Å²) in [7, 11) is 0. The van der Waals surface area contributed by atoms with Crippen molar-refractivity contribution in [3.05, 3.63) is 107 Å². The first-order chi connectivity index (χ1) is 15.6. The second-order valence-corrected chi connectivity index (χ2v) is 7.89. The van der Waals surface area contributed by atoms with Gasteiger partial charge < -0.3 is 5.32 Å². The molecule has 5 rings (SSSR count). The molecule has 0 radical (unpaired) electrons. The lowest BCUT2D eigenvalue weighted by Gasteiger charge is -2.07. The summed E-state index contributed by atoms with van der Waals surface area (Å²) < 4.78 is 1.65. The highest BCUT2D eigenvalue weighted by Crippen LogP contribution is 2.25. The average Bonchev–Trinajstić information content (AvgIpc) is 3.27. The molecule has 5 nitrogen and oxygen atoms in total. The second-order valence-electron chi connectivity index (χ2n) is 7.49. The molecule has 1 heterocycles. The van der Waals surface area contributed by atoms with Gasteiger partial charge >= 0.3 is 0 Å². The largest absolute Gasteiger partial charge is 0.319 e. The van der Waals surface area contributed by atoms with Crippen molar-refractivity contribution in [3.63, 3.8) is 0 Å². The molecule has 0 bridgehead atoms. The smallest absolute Gasteiger partial charge is 0.295 e. The molecule has 0 aliphatic carbocycles. The summed E-state index contributed by atoms with van der Waals surface area (Å²) in [5.74, 6) is 0.261. The predicted octanol–water partition coefficient (Wildman–Crippen LogP) is 6.30. The zero-order chi connectivity index (χ0) is 22.1. The number of carbonyl (C=O) groups is 1. The fourth-order valence-corrected chi connectivity index (χ4v) is 3.70. The normalized spacial score (nSPS) is 10.9. The molecule has 0 unspecified atom stereocenters. The van der Waals surface area contributed by atoms with Crippen LogP contribution in [0.25, 0.3) is 27.8 Å². The molecule has 6 heteroatoms. The van der Waals surface area contributed by atoms with Crippen LogP contribution in [0.4, 0.5) is 5.69 Å². The van der Waals surface area contributed by atoms with E-state index in [1.807, 2.05) is 97.9 Å². The van der Waals surface area contributed by atoms with Gasteiger partial charge in [-0.3, -0.25) is 4.79 Å². The number of nitrogens with zero attached hydrogens (tertiary/aromatic N) is 3. The molecule has 4 aromatic carbocycles. The van der Waals surface area contributed by atoms with Crippen LogP contribution in [0, 0.1) is 6.92 Å². The molecule has 32 heavy (non-hydrogen) atoms. The minimum Gasteiger partial charge on any atom is -0.319 e. The predicted molar refractivity (Wildman–Crippen MR) is 128 cm³/mol. The molecule has 5 aromatic rings. The van der Waals surface area contributed by atoms with Gasteiger partial charge in [0, 0.05) is 16.3 Å². The monoisotopic (exact) mass is 438 g/mol. The van der Waals surface area contributed by atoms with Gasteiger partial charge in [-0.1, -0.05) is 78.3 Å². The fraction of sp³-hybridized carbons (Fsp3) is 0.0385. The number of hydrogen-bond acceptors (Lipinski definition) is 3. The van der Waals surface area contributed by atoms with Crippen molar-refractivity contribution in [2.75, 3.05) is 5.32 Å². The number of benzene rings is 4. The Hall–Kier alpha value is -3.96. The van der Waals surface area contributed by atoms with Crippen molar-refractivity contribution in [3.8, 4) is 17.1 Å². The first-order valence-electron chi connectivity index (χ1n) is 10.2. The highest BCUT2D eigenvalue weighted by atomic mass is 35.5. The Kier molecular flexibility index (Phi) is 5.17. The molecule has 1 aromatic heterocycles. The van der Waals surface area contributed by atoms with Crippen LogP contribution in [0.3, 0.4) is 0 Å². The van der Waals surface area contributed by atoms with Gasteiger partial charge in [0.1, 0.15) is 0 Å². The molecule has 0 atom stereocenters. The van der Waals surface area contributed by atoms with Crippen LogP contribution in [0.2, 0.25) is 5.02 Å². The molecule has 1 N–H and O–H groups in total. The molecule has 156 valence electrons. The third kappa shape index (κ3) is 3.86. The number of fused-ring (bicyclic) bond motifs is 1. The van der Waals surface area contributed by atoms with E-state index in [0.29, 0.717) is 16.5 Å². The van der Waals surface area contributed by atoms with Crippen molar-refractivity contribution in [1.29, 1.82) is 0 Å². The zero-order valence-electron chi connectivity index (χ0n) is 17.3. The van der Waals surface area contributed by atoms with Gasteiger partial charge in [0.05, 0.1) is 5.69 Å². The van der Waals surface area contributed by atoms with Crippen LogP contribution in [0.1, 0.15) is 16.2 Å². The molecule has 0 spiro atoms. The van der Waals surface area contributed by atoms with Crippen LogP contribution >= 0.6 is 11.6 Å². The minimum absolute atomic E-state index is 0.0775. The molecule has 0 saturated heterocycles. The fourth-order valence-electron chi connectivity index (χ4n) is 3.53. The van der Waals surface area contributed by atoms with Gasteiger partial charge in [-0.25, -0.2) is 9.67 Å². The topological polar surface area (TPSA) is 59.8 Å². The molecular formula is C26H19ClN4O. The number of amides is 1. The number of aryl methyl sites for hydroxylation is 1. The lowest BCUT2D eigenvalue weighted by molar-refractivity contribution is 0.101. The summed E-state index contributed by atoms with van der Waals surface area (Å²) in [6.45, 7) is 1.94. The summed E-state index contributed by atoms with van der Waals surface area (Å²) in [4.78, 5) is 17.6. The van der Waals surface area contributed by atoms with Crippen LogP contribution in [0.15, 0.2) is 91.0 Å². The number of anilines is 1. The van der Waals surface area contributed by atoms with Crippen molar-refractivity contribution in [2.45, 2.75) is 6.92 Å². The Labute approximate surface area is 190 Å². The van der Waals surface area contributed by atoms with Crippen LogP contribution < -0.4 is 5.32 Å². The molecule has 0 fully saturated rings. The molecule has 0 aliphatic rings. The summed E-state index contributed by atoms with van der Waals surface area (Å²) in [5, 5.41) is 10.2. The Morgan fingerprint density at radius 2 is 1.62 bits per heavy atom. The number of nitrogens with one attached hydrogen (secondary N) is 1. The highest BCUT2D eigenvalue weighted by molar-refractivity contribution is 6.31. The van der Waals surface area contributed by atoms with Gasteiger partial charge in [-0.15, -0.1) is 5.10 Å². The van der Waals surface area contributed by atoms with Crippen molar-refractivity contribution in [2.24, 2.45) is 0 Å². The van der Waals surface area contributed by atoms with Gasteiger partial charge in [-0.05, 0) is 47.5 Å².